The van der Waals surface area contributed by atoms with Crippen LogP contribution < -0.4 is 9.46 Å². The summed E-state index contributed by atoms with van der Waals surface area (Å²) in [5.74, 6) is -0.941. The highest BCUT2D eigenvalue weighted by molar-refractivity contribution is 7.90. The van der Waals surface area contributed by atoms with Crippen LogP contribution in [0.25, 0.3) is 0 Å². The van der Waals surface area contributed by atoms with Crippen LogP contribution in [0.1, 0.15) is 30.1 Å². The van der Waals surface area contributed by atoms with E-state index < -0.39 is 34.1 Å². The first-order chi connectivity index (χ1) is 11.5. The van der Waals surface area contributed by atoms with Gasteiger partial charge in [-0.05, 0) is 19.8 Å². The third kappa shape index (κ3) is 5.41. The summed E-state index contributed by atoms with van der Waals surface area (Å²) in [4.78, 5) is 11.9. The molecule has 0 unspecified atom stereocenters. The van der Waals surface area contributed by atoms with Crippen LogP contribution in [0.3, 0.4) is 0 Å². The van der Waals surface area contributed by atoms with Gasteiger partial charge in [0.2, 0.25) is 5.88 Å². The fraction of sp³-hybridized carbons (Fsp3) is 0.583. The van der Waals surface area contributed by atoms with Crippen LogP contribution in [-0.4, -0.2) is 48.8 Å². The summed E-state index contributed by atoms with van der Waals surface area (Å²) in [6, 6.07) is -0.101. The minimum Gasteiger partial charge on any atom is -0.475 e. The highest BCUT2D eigenvalue weighted by atomic mass is 35.5. The van der Waals surface area contributed by atoms with Gasteiger partial charge in [0.1, 0.15) is 18.3 Å². The number of hydrogen-bond acceptors (Lipinski definition) is 7. The number of halogens is 4. The number of aromatic nitrogens is 2. The average Bonchev–Trinajstić information content (AvgIpc) is 3.28. The van der Waals surface area contributed by atoms with E-state index >= 15 is 0 Å². The van der Waals surface area contributed by atoms with Gasteiger partial charge < -0.3 is 9.47 Å². The summed E-state index contributed by atoms with van der Waals surface area (Å²) in [6.07, 6.45) is 1.34. The van der Waals surface area contributed by atoms with Gasteiger partial charge >= 0.3 is 21.5 Å². The summed E-state index contributed by atoms with van der Waals surface area (Å²) in [5.41, 5.74) is -5.54. The Labute approximate surface area is 145 Å². The van der Waals surface area contributed by atoms with Gasteiger partial charge in [-0.2, -0.15) is 13.2 Å². The van der Waals surface area contributed by atoms with Crippen molar-refractivity contribution < 1.29 is 35.9 Å². The predicted molar refractivity (Wildman–Crippen MR) is 78.5 cm³/mol. The van der Waals surface area contributed by atoms with Crippen molar-refractivity contribution in [1.82, 2.24) is 14.9 Å². The minimum absolute atomic E-state index is 0.109. The molecule has 1 saturated carbocycles. The molecule has 140 valence electrons. The molecule has 2 rings (SSSR count). The van der Waals surface area contributed by atoms with Crippen LogP contribution in [0.4, 0.5) is 13.2 Å². The second-order valence-corrected chi connectivity index (χ2v) is 7.33. The molecule has 0 aliphatic heterocycles. The van der Waals surface area contributed by atoms with E-state index in [1.165, 1.54) is 4.72 Å². The van der Waals surface area contributed by atoms with Crippen LogP contribution in [0, 0.1) is 0 Å². The molecule has 0 spiro atoms. The molecule has 1 heterocycles. The summed E-state index contributed by atoms with van der Waals surface area (Å²) in [5, 5.41) is 6.79. The zero-order valence-electron chi connectivity index (χ0n) is 12.7. The molecule has 0 saturated heterocycles. The summed E-state index contributed by atoms with van der Waals surface area (Å²) in [6.45, 7) is 0.678. The Hall–Kier alpha value is -1.66. The van der Waals surface area contributed by atoms with Gasteiger partial charge in [0.15, 0.2) is 5.15 Å². The van der Waals surface area contributed by atoms with Gasteiger partial charge in [0.05, 0.1) is 6.04 Å². The number of sulfonamides is 1. The maximum Gasteiger partial charge on any atom is 0.511 e. The van der Waals surface area contributed by atoms with E-state index in [1.54, 1.807) is 0 Å². The molecule has 8 nitrogen and oxygen atoms in total. The van der Waals surface area contributed by atoms with E-state index in [4.69, 9.17) is 21.1 Å². The number of esters is 1. The smallest absolute Gasteiger partial charge is 0.475 e. The molecule has 1 fully saturated rings. The van der Waals surface area contributed by atoms with E-state index in [-0.39, 0.29) is 22.7 Å². The number of alkyl halides is 3. The van der Waals surface area contributed by atoms with Crippen molar-refractivity contribution in [3.05, 3.63) is 16.8 Å². The fourth-order valence-corrected chi connectivity index (χ4v) is 2.45. The molecule has 0 amide bonds. The van der Waals surface area contributed by atoms with Crippen molar-refractivity contribution >= 4 is 27.6 Å². The van der Waals surface area contributed by atoms with Gasteiger partial charge in [0.25, 0.3) is 0 Å². The molecule has 13 heteroatoms. The van der Waals surface area contributed by atoms with Crippen molar-refractivity contribution in [2.45, 2.75) is 37.4 Å². The number of carbonyl (C=O) groups is 1. The van der Waals surface area contributed by atoms with E-state index in [0.717, 1.165) is 25.8 Å². The van der Waals surface area contributed by atoms with Crippen molar-refractivity contribution in [2.24, 2.45) is 0 Å². The topological polar surface area (TPSA) is 107 Å². The number of nitrogens with one attached hydrogen (secondary N) is 1. The van der Waals surface area contributed by atoms with Crippen molar-refractivity contribution in [2.75, 3.05) is 6.61 Å². The number of rotatable bonds is 7. The van der Waals surface area contributed by atoms with Crippen molar-refractivity contribution in [3.8, 4) is 5.88 Å². The molecule has 0 bridgehead atoms. The minimum atomic E-state index is -5.50. The Morgan fingerprint density at radius 2 is 2.08 bits per heavy atom. The zero-order chi connectivity index (χ0) is 18.8. The second kappa shape index (κ2) is 7.30. The normalized spacial score (nSPS) is 16.4. The molecule has 1 aromatic rings. The molecule has 1 aliphatic rings. The van der Waals surface area contributed by atoms with Gasteiger partial charge in [-0.25, -0.2) is 17.9 Å². The first-order valence-electron chi connectivity index (χ1n) is 6.95. The highest BCUT2D eigenvalue weighted by Gasteiger charge is 2.46. The van der Waals surface area contributed by atoms with Crippen LogP contribution >= 0.6 is 11.6 Å². The monoisotopic (exact) mass is 403 g/mol. The maximum absolute atomic E-state index is 12.3. The van der Waals surface area contributed by atoms with E-state index in [2.05, 4.69) is 10.2 Å². The van der Waals surface area contributed by atoms with E-state index in [0.29, 0.717) is 0 Å². The largest absolute Gasteiger partial charge is 0.511 e. The molecule has 1 aromatic heterocycles. The Kier molecular flexibility index (Phi) is 5.74. The lowest BCUT2D eigenvalue weighted by Crippen LogP contribution is -2.43. The Morgan fingerprint density at radius 3 is 2.64 bits per heavy atom. The van der Waals surface area contributed by atoms with Crippen molar-refractivity contribution in [1.29, 1.82) is 0 Å². The first kappa shape index (κ1) is 19.7. The standard InChI is InChI=1S/C12H13ClF3N3O5S/c1-6(19-25(21,22)12(14,15)16)5-23-9-4-8(10(13)18-17-9)11(20)24-7-2-3-7/h4,6-7,19H,2-3,5H2,1H3/t6-/m0/s1. The van der Waals surface area contributed by atoms with E-state index in [9.17, 15) is 26.4 Å². The second-order valence-electron chi connectivity index (χ2n) is 5.27. The van der Waals surface area contributed by atoms with Gasteiger partial charge in [-0.15, -0.1) is 10.2 Å². The lowest BCUT2D eigenvalue weighted by atomic mass is 10.3. The highest BCUT2D eigenvalue weighted by Crippen LogP contribution is 2.27. The Bertz CT molecular complexity index is 755. The molecule has 0 aromatic carbocycles. The third-order valence-corrected chi connectivity index (χ3v) is 4.49. The maximum atomic E-state index is 12.3. The Morgan fingerprint density at radius 1 is 1.44 bits per heavy atom. The first-order valence-corrected chi connectivity index (χ1v) is 8.81. The van der Waals surface area contributed by atoms with Gasteiger partial charge in [-0.3, -0.25) is 0 Å². The molecule has 0 radical (unpaired) electrons. The summed E-state index contributed by atoms with van der Waals surface area (Å²) >= 11 is 5.75. The quantitative estimate of drug-likeness (QED) is 0.690. The predicted octanol–water partition coefficient (Wildman–Crippen LogP) is 1.66. The van der Waals surface area contributed by atoms with Gasteiger partial charge in [0, 0.05) is 6.07 Å². The lowest BCUT2D eigenvalue weighted by Gasteiger charge is -2.16. The number of nitrogens with zero attached hydrogens (tertiary/aromatic N) is 2. The van der Waals surface area contributed by atoms with Crippen LogP contribution in [0.15, 0.2) is 6.07 Å². The average molecular weight is 404 g/mol. The van der Waals surface area contributed by atoms with Crippen molar-refractivity contribution in [3.63, 3.8) is 0 Å². The Balaban J connectivity index is 1.97. The molecule has 25 heavy (non-hydrogen) atoms. The molecule has 1 N–H and O–H groups in total. The van der Waals surface area contributed by atoms with Crippen LogP contribution in [-0.2, 0) is 14.8 Å². The molecule has 1 atom stereocenters. The SMILES string of the molecule is C[C@@H](COc1cc(C(=O)OC2CC2)c(Cl)nn1)NS(=O)(=O)C(F)(F)F. The number of hydrogen-bond donors (Lipinski definition) is 1. The molecular formula is C12H13ClF3N3O5S. The molecule has 1 aliphatic carbocycles. The molecular weight excluding hydrogens is 391 g/mol. The summed E-state index contributed by atoms with van der Waals surface area (Å²) < 4.78 is 70.3. The zero-order valence-corrected chi connectivity index (χ0v) is 14.3. The van der Waals surface area contributed by atoms with E-state index in [1.807, 2.05) is 0 Å². The summed E-state index contributed by atoms with van der Waals surface area (Å²) in [7, 11) is -5.50. The number of ether oxygens (including phenoxy) is 2. The van der Waals surface area contributed by atoms with Crippen LogP contribution in [0.2, 0.25) is 5.15 Å². The van der Waals surface area contributed by atoms with Gasteiger partial charge in [-0.1, -0.05) is 11.6 Å². The van der Waals surface area contributed by atoms with Crippen LogP contribution in [0.5, 0.6) is 5.88 Å². The third-order valence-electron chi connectivity index (χ3n) is 2.89. The lowest BCUT2D eigenvalue weighted by molar-refractivity contribution is -0.0451. The number of carbonyl (C=O) groups excluding carboxylic acids is 1. The fourth-order valence-electron chi connectivity index (χ4n) is 1.55.